The minimum absolute atomic E-state index is 0.378. The van der Waals surface area contributed by atoms with Gasteiger partial charge in [-0.15, -0.1) is 0 Å². The molecule has 4 nitrogen and oxygen atoms in total. The van der Waals surface area contributed by atoms with Gasteiger partial charge in [-0.05, 0) is 54.4 Å². The Morgan fingerprint density at radius 2 is 1.24 bits per heavy atom. The van der Waals surface area contributed by atoms with Crippen LogP contribution in [0.25, 0.3) is 0 Å². The van der Waals surface area contributed by atoms with E-state index in [2.05, 4.69) is 60.7 Å². The molecule has 1 aliphatic rings. The number of benzene rings is 3. The maximum Gasteiger partial charge on any atom is 0.330 e. The van der Waals surface area contributed by atoms with Gasteiger partial charge in [-0.1, -0.05) is 105 Å². The van der Waals surface area contributed by atoms with Gasteiger partial charge < -0.3 is 19.5 Å². The van der Waals surface area contributed by atoms with E-state index in [1.54, 1.807) is 35.7 Å². The third-order valence-electron chi connectivity index (χ3n) is 8.04. The highest BCUT2D eigenvalue weighted by molar-refractivity contribution is 6.95. The zero-order chi connectivity index (χ0) is 26.9. The average Bonchev–Trinajstić information content (AvgIpc) is 2.85. The molecule has 4 rings (SSSR count). The summed E-state index contributed by atoms with van der Waals surface area (Å²) in [5.41, 5.74) is -2.22. The Balaban J connectivity index is 1.83. The molecular weight excluding hydrogens is 474 g/mol. The number of fused-ring (bicyclic) bond motifs is 4. The summed E-state index contributed by atoms with van der Waals surface area (Å²) in [5, 5.41) is 26.4. The van der Waals surface area contributed by atoms with Gasteiger partial charge in [-0.2, -0.15) is 0 Å². The number of hydrogen-bond donors (Lipinski definition) is 2. The predicted octanol–water partition coefficient (Wildman–Crippen LogP) is 1.58. The third kappa shape index (κ3) is 6.13. The lowest BCUT2D eigenvalue weighted by molar-refractivity contribution is -0.141. The molecule has 37 heavy (non-hydrogen) atoms. The summed E-state index contributed by atoms with van der Waals surface area (Å²) in [4.78, 5) is 0. The largest absolute Gasteiger partial charge is 0.427 e. The molecule has 0 spiro atoms. The van der Waals surface area contributed by atoms with Crippen LogP contribution in [-0.4, -0.2) is 56.4 Å². The first-order valence-electron chi connectivity index (χ1n) is 12.9. The van der Waals surface area contributed by atoms with E-state index in [1.807, 2.05) is 39.0 Å². The molecule has 3 aromatic carbocycles. The van der Waals surface area contributed by atoms with Crippen molar-refractivity contribution in [1.82, 2.24) is 0 Å². The molecule has 4 bridgehead atoms. The summed E-state index contributed by atoms with van der Waals surface area (Å²) in [6.07, 6.45) is 0.810. The lowest BCUT2D eigenvalue weighted by atomic mass is 9.74. The van der Waals surface area contributed by atoms with Crippen LogP contribution in [0, 0.1) is 0 Å². The van der Waals surface area contributed by atoms with Gasteiger partial charge >= 0.3 is 15.0 Å². The zero-order valence-electron chi connectivity index (χ0n) is 22.8. The van der Waals surface area contributed by atoms with Gasteiger partial charge in [0.1, 0.15) is 0 Å². The summed E-state index contributed by atoms with van der Waals surface area (Å²) in [6.45, 7) is 11.0. The monoisotopic (exact) mass is 511 g/mol. The van der Waals surface area contributed by atoms with Gasteiger partial charge in [0.05, 0.1) is 22.4 Å². The topological polar surface area (TPSA) is 58.9 Å². The maximum absolute atomic E-state index is 11.5. The molecule has 0 aromatic heterocycles. The molecule has 2 unspecified atom stereocenters. The second kappa shape index (κ2) is 10.5. The van der Waals surface area contributed by atoms with Crippen molar-refractivity contribution in [1.29, 1.82) is 0 Å². The van der Waals surface area contributed by atoms with E-state index in [0.29, 0.717) is 12.8 Å². The molecule has 0 fully saturated rings. The SMILES string of the molecule is CC(C)(O)C1(C)CCC(C)(O)C(C)(C)O[B]c2cccc(c2)[Si](c2ccccc2)c2cccc(c2)[B]O1. The Bertz CT molecular complexity index is 1210. The maximum atomic E-state index is 11.5. The summed E-state index contributed by atoms with van der Waals surface area (Å²) in [6, 6.07) is 27.5. The molecule has 0 amide bonds. The van der Waals surface area contributed by atoms with E-state index in [0.717, 1.165) is 10.9 Å². The molecule has 2 atom stereocenters. The minimum atomic E-state index is -1.32. The highest BCUT2D eigenvalue weighted by Gasteiger charge is 2.46. The lowest BCUT2D eigenvalue weighted by Gasteiger charge is -2.46. The lowest BCUT2D eigenvalue weighted by Crippen LogP contribution is -2.57. The third-order valence-corrected chi connectivity index (χ3v) is 10.7. The van der Waals surface area contributed by atoms with Crippen molar-refractivity contribution in [3.63, 3.8) is 0 Å². The number of hydrogen-bond acceptors (Lipinski definition) is 4. The van der Waals surface area contributed by atoms with Crippen molar-refractivity contribution < 1.29 is 19.5 Å². The van der Waals surface area contributed by atoms with E-state index in [-0.39, 0.29) is 0 Å². The van der Waals surface area contributed by atoms with Gasteiger partial charge in [0.15, 0.2) is 8.80 Å². The van der Waals surface area contributed by atoms with Crippen molar-refractivity contribution in [2.24, 2.45) is 0 Å². The Kier molecular flexibility index (Phi) is 7.94. The van der Waals surface area contributed by atoms with Crippen LogP contribution in [-0.2, 0) is 9.31 Å². The predicted molar refractivity (Wildman–Crippen MR) is 156 cm³/mol. The van der Waals surface area contributed by atoms with Gasteiger partial charge in [0.25, 0.3) is 0 Å². The van der Waals surface area contributed by atoms with E-state index in [1.165, 1.54) is 15.6 Å². The Morgan fingerprint density at radius 3 is 1.78 bits per heavy atom. The molecule has 0 saturated heterocycles. The van der Waals surface area contributed by atoms with Gasteiger partial charge in [0, 0.05) is 0 Å². The van der Waals surface area contributed by atoms with Crippen LogP contribution < -0.4 is 26.5 Å². The average molecular weight is 511 g/mol. The van der Waals surface area contributed by atoms with Crippen LogP contribution in [0.4, 0.5) is 0 Å². The van der Waals surface area contributed by atoms with Crippen LogP contribution in [0.2, 0.25) is 0 Å². The fourth-order valence-corrected chi connectivity index (χ4v) is 7.15. The van der Waals surface area contributed by atoms with Crippen molar-refractivity contribution in [3.05, 3.63) is 78.9 Å². The summed E-state index contributed by atoms with van der Waals surface area (Å²) in [7, 11) is 2.18. The van der Waals surface area contributed by atoms with E-state index in [9.17, 15) is 10.2 Å². The van der Waals surface area contributed by atoms with Crippen molar-refractivity contribution in [2.75, 3.05) is 0 Å². The van der Waals surface area contributed by atoms with Gasteiger partial charge in [0.2, 0.25) is 0 Å². The van der Waals surface area contributed by atoms with Crippen molar-refractivity contribution >= 4 is 50.2 Å². The van der Waals surface area contributed by atoms with E-state index in [4.69, 9.17) is 9.31 Å². The second-order valence-electron chi connectivity index (χ2n) is 11.5. The Hall–Kier alpha value is -2.15. The highest BCUT2D eigenvalue weighted by atomic mass is 28.3. The molecule has 3 radical (unpaired) electrons. The summed E-state index contributed by atoms with van der Waals surface area (Å²) in [5.74, 6) is 0. The minimum Gasteiger partial charge on any atom is -0.427 e. The van der Waals surface area contributed by atoms with Crippen LogP contribution in [0.15, 0.2) is 78.9 Å². The first-order valence-corrected chi connectivity index (χ1v) is 14.4. The van der Waals surface area contributed by atoms with Gasteiger partial charge in [-0.25, -0.2) is 0 Å². The summed E-state index contributed by atoms with van der Waals surface area (Å²) >= 11 is 0. The Morgan fingerprint density at radius 1 is 0.730 bits per heavy atom. The van der Waals surface area contributed by atoms with Crippen molar-refractivity contribution in [2.45, 2.75) is 76.8 Å². The fraction of sp³-hybridized carbons (Fsp3) is 0.400. The highest BCUT2D eigenvalue weighted by Crippen LogP contribution is 2.36. The van der Waals surface area contributed by atoms with Gasteiger partial charge in [-0.3, -0.25) is 0 Å². The molecule has 3 aromatic rings. The van der Waals surface area contributed by atoms with E-state index < -0.39 is 31.2 Å². The number of rotatable bonds is 2. The van der Waals surface area contributed by atoms with Crippen LogP contribution in [0.5, 0.6) is 0 Å². The molecule has 0 saturated carbocycles. The second-order valence-corrected chi connectivity index (χ2v) is 14.0. The fourth-order valence-electron chi connectivity index (χ4n) is 4.47. The normalized spacial score (nSPS) is 25.1. The molecular formula is C30H37B2O4Si. The smallest absolute Gasteiger partial charge is 0.330 e. The molecule has 7 heteroatoms. The molecule has 191 valence electrons. The Labute approximate surface area is 225 Å². The molecule has 0 aliphatic carbocycles. The van der Waals surface area contributed by atoms with E-state index >= 15 is 0 Å². The number of aliphatic hydroxyl groups is 2. The summed E-state index contributed by atoms with van der Waals surface area (Å²) < 4.78 is 12.6. The molecule has 1 aliphatic heterocycles. The standard InChI is InChI=1S/C30H37B2O4Si/c1-27(2,33)30(6)19-18-29(5,34)28(3,4)35-31-22-12-10-16-25(20-22)37(24-14-8-7-9-15-24)26-17-11-13-23(21-26)32-36-30/h7-17,20-21,33-34H,18-19H2,1-6H3. The van der Waals surface area contributed by atoms with Crippen LogP contribution >= 0.6 is 0 Å². The van der Waals surface area contributed by atoms with Crippen LogP contribution in [0.3, 0.4) is 0 Å². The molecule has 2 N–H and O–H groups in total. The first-order chi connectivity index (χ1) is 17.3. The van der Waals surface area contributed by atoms with Crippen LogP contribution in [0.1, 0.15) is 54.4 Å². The molecule has 1 heterocycles. The quantitative estimate of drug-likeness (QED) is 0.514. The zero-order valence-corrected chi connectivity index (χ0v) is 23.8. The first kappa shape index (κ1) is 27.9. The van der Waals surface area contributed by atoms with Crippen molar-refractivity contribution in [3.8, 4) is 0 Å².